The van der Waals surface area contributed by atoms with Crippen LogP contribution in [0.1, 0.15) is 5.69 Å². The van der Waals surface area contributed by atoms with Crippen molar-refractivity contribution < 1.29 is 13.2 Å². The van der Waals surface area contributed by atoms with Gasteiger partial charge in [-0.3, -0.25) is 4.79 Å². The smallest absolute Gasteiger partial charge is 0.272 e. The van der Waals surface area contributed by atoms with Gasteiger partial charge in [0, 0.05) is 13.1 Å². The Morgan fingerprint density at radius 2 is 2.35 bits per heavy atom. The summed E-state index contributed by atoms with van der Waals surface area (Å²) in [6.07, 6.45) is 5.74. The zero-order valence-electron chi connectivity index (χ0n) is 10.2. The van der Waals surface area contributed by atoms with Crippen LogP contribution in [0.3, 0.4) is 0 Å². The third-order valence-corrected chi connectivity index (χ3v) is 4.37. The van der Waals surface area contributed by atoms with Crippen LogP contribution in [0.25, 0.3) is 6.08 Å². The molecule has 0 saturated carbocycles. The van der Waals surface area contributed by atoms with Crippen LogP contribution in [0.2, 0.25) is 0 Å². The molecule has 2 aromatic heterocycles. The Morgan fingerprint density at radius 3 is 2.90 bits per heavy atom. The minimum absolute atomic E-state index is 0.133. The molecule has 20 heavy (non-hydrogen) atoms. The highest BCUT2D eigenvalue weighted by molar-refractivity contribution is 7.91. The van der Waals surface area contributed by atoms with Crippen molar-refractivity contribution >= 4 is 33.3 Å². The lowest BCUT2D eigenvalue weighted by molar-refractivity contribution is -0.113. The van der Waals surface area contributed by atoms with Gasteiger partial charge in [0.25, 0.3) is 15.9 Å². The molecule has 0 bridgehead atoms. The van der Waals surface area contributed by atoms with E-state index >= 15 is 0 Å². The second kappa shape index (κ2) is 5.48. The summed E-state index contributed by atoms with van der Waals surface area (Å²) in [5, 5.41) is 8.63. The number of amides is 1. The molecule has 0 aromatic carbocycles. The standard InChI is InChI=1S/C9H10N6O3S2/c1-15-8(19-9(14-15)20(10,17)18)13-7(16)3-2-6-4-11-5-12-6/h2-5H,1H3,(H,11,12)(H2,10,17,18)/b3-2+,13-8?. The summed E-state index contributed by atoms with van der Waals surface area (Å²) >= 11 is 0.715. The minimum atomic E-state index is -3.90. The number of nitrogens with one attached hydrogen (secondary N) is 1. The molecule has 106 valence electrons. The topological polar surface area (TPSA) is 136 Å². The molecule has 0 radical (unpaired) electrons. The third-order valence-electron chi connectivity index (χ3n) is 2.06. The first-order valence-electron chi connectivity index (χ1n) is 5.18. The summed E-state index contributed by atoms with van der Waals surface area (Å²) in [5.74, 6) is -0.556. The maximum Gasteiger partial charge on any atom is 0.272 e. The number of aryl methyl sites for hydroxylation is 1. The van der Waals surface area contributed by atoms with Gasteiger partial charge in [0.05, 0.1) is 18.2 Å². The van der Waals surface area contributed by atoms with Gasteiger partial charge in [-0.05, 0) is 6.08 Å². The zero-order chi connectivity index (χ0) is 14.8. The van der Waals surface area contributed by atoms with Crippen molar-refractivity contribution in [2.24, 2.45) is 17.2 Å². The Bertz CT molecular complexity index is 812. The van der Waals surface area contributed by atoms with Crippen molar-refractivity contribution in [1.29, 1.82) is 0 Å². The first kappa shape index (κ1) is 14.3. The average molecular weight is 314 g/mol. The third kappa shape index (κ3) is 3.46. The van der Waals surface area contributed by atoms with Crippen LogP contribution < -0.4 is 9.94 Å². The minimum Gasteiger partial charge on any atom is -0.345 e. The highest BCUT2D eigenvalue weighted by Crippen LogP contribution is 2.04. The molecule has 0 atom stereocenters. The second-order valence-corrected chi connectivity index (χ2v) is 6.30. The number of nitrogens with zero attached hydrogens (tertiary/aromatic N) is 4. The first-order valence-corrected chi connectivity index (χ1v) is 7.54. The predicted octanol–water partition coefficient (Wildman–Crippen LogP) is -1.01. The molecule has 0 saturated heterocycles. The molecule has 2 aromatic rings. The van der Waals surface area contributed by atoms with Crippen LogP contribution in [-0.4, -0.2) is 34.1 Å². The molecule has 11 heteroatoms. The van der Waals surface area contributed by atoms with E-state index in [4.69, 9.17) is 5.14 Å². The number of nitrogens with two attached hydrogens (primary N) is 1. The number of hydrogen-bond donors (Lipinski definition) is 2. The van der Waals surface area contributed by atoms with Gasteiger partial charge in [0.1, 0.15) is 0 Å². The van der Waals surface area contributed by atoms with Gasteiger partial charge in [0.15, 0.2) is 0 Å². The number of carbonyl (C=O) groups is 1. The molecule has 2 rings (SSSR count). The molecule has 9 nitrogen and oxygen atoms in total. The van der Waals surface area contributed by atoms with Crippen molar-refractivity contribution in [2.45, 2.75) is 4.34 Å². The van der Waals surface area contributed by atoms with Gasteiger partial charge in [-0.15, -0.1) is 5.10 Å². The lowest BCUT2D eigenvalue weighted by Gasteiger charge is -1.87. The fourth-order valence-corrected chi connectivity index (χ4v) is 2.74. The number of sulfonamides is 1. The monoisotopic (exact) mass is 314 g/mol. The van der Waals surface area contributed by atoms with E-state index in [0.717, 1.165) is 0 Å². The Labute approximate surface area is 117 Å². The Kier molecular flexibility index (Phi) is 3.92. The number of imidazole rings is 1. The highest BCUT2D eigenvalue weighted by atomic mass is 32.2. The molecule has 0 aliphatic rings. The molecule has 0 aliphatic heterocycles. The number of aromatic amines is 1. The van der Waals surface area contributed by atoms with Crippen LogP contribution in [0.4, 0.5) is 0 Å². The fraction of sp³-hybridized carbons (Fsp3) is 0.111. The van der Waals surface area contributed by atoms with Crippen molar-refractivity contribution in [3.63, 3.8) is 0 Å². The second-order valence-electron chi connectivity index (χ2n) is 3.61. The molecule has 2 heterocycles. The van der Waals surface area contributed by atoms with E-state index in [9.17, 15) is 13.2 Å². The Morgan fingerprint density at radius 1 is 1.60 bits per heavy atom. The number of H-pyrrole nitrogens is 1. The summed E-state index contributed by atoms with van der Waals surface area (Å²) in [7, 11) is -2.44. The van der Waals surface area contributed by atoms with Crippen LogP contribution in [0.5, 0.6) is 0 Å². The van der Waals surface area contributed by atoms with Gasteiger partial charge in [-0.25, -0.2) is 23.2 Å². The van der Waals surface area contributed by atoms with E-state index in [1.165, 1.54) is 36.4 Å². The number of aromatic nitrogens is 4. The van der Waals surface area contributed by atoms with E-state index in [1.807, 2.05) is 0 Å². The van der Waals surface area contributed by atoms with E-state index in [0.29, 0.717) is 17.0 Å². The molecule has 0 unspecified atom stereocenters. The SMILES string of the molecule is Cn1nc(S(N)(=O)=O)sc1=NC(=O)/C=C/c1cnc[nH]1. The molecule has 0 aliphatic carbocycles. The Hall–Kier alpha value is -2.11. The maximum atomic E-state index is 11.6. The van der Waals surface area contributed by atoms with Gasteiger partial charge >= 0.3 is 0 Å². The average Bonchev–Trinajstić information content (AvgIpc) is 2.96. The summed E-state index contributed by atoms with van der Waals surface area (Å²) in [6.45, 7) is 0. The van der Waals surface area contributed by atoms with Crippen molar-refractivity contribution in [1.82, 2.24) is 19.7 Å². The van der Waals surface area contributed by atoms with E-state index < -0.39 is 15.9 Å². The van der Waals surface area contributed by atoms with Crippen LogP contribution in [0, 0.1) is 0 Å². The van der Waals surface area contributed by atoms with Crippen molar-refractivity contribution in [3.8, 4) is 0 Å². The predicted molar refractivity (Wildman–Crippen MR) is 70.6 cm³/mol. The van der Waals surface area contributed by atoms with Gasteiger partial charge in [-0.2, -0.15) is 4.99 Å². The van der Waals surface area contributed by atoms with E-state index in [1.54, 1.807) is 0 Å². The van der Waals surface area contributed by atoms with Crippen molar-refractivity contribution in [2.75, 3.05) is 0 Å². The molecule has 0 fully saturated rings. The van der Waals surface area contributed by atoms with E-state index in [2.05, 4.69) is 20.1 Å². The number of primary sulfonamides is 1. The largest absolute Gasteiger partial charge is 0.345 e. The number of hydrogen-bond acceptors (Lipinski definition) is 6. The maximum absolute atomic E-state index is 11.6. The fourth-order valence-electron chi connectivity index (χ4n) is 1.19. The van der Waals surface area contributed by atoms with Crippen LogP contribution >= 0.6 is 11.3 Å². The summed E-state index contributed by atoms with van der Waals surface area (Å²) in [5.41, 5.74) is 0.646. The van der Waals surface area contributed by atoms with Gasteiger partial charge < -0.3 is 4.98 Å². The first-order chi connectivity index (χ1) is 9.36. The van der Waals surface area contributed by atoms with Gasteiger partial charge in [-0.1, -0.05) is 11.3 Å². The van der Waals surface area contributed by atoms with E-state index in [-0.39, 0.29) is 9.14 Å². The van der Waals surface area contributed by atoms with Crippen LogP contribution in [-0.2, 0) is 21.9 Å². The summed E-state index contributed by atoms with van der Waals surface area (Å²) in [6, 6.07) is 0. The molecular formula is C9H10N6O3S2. The summed E-state index contributed by atoms with van der Waals surface area (Å²) in [4.78, 5) is 22.1. The highest BCUT2D eigenvalue weighted by Gasteiger charge is 2.14. The van der Waals surface area contributed by atoms with Crippen molar-refractivity contribution in [3.05, 3.63) is 29.1 Å². The normalized spacial score (nSPS) is 13.2. The molecule has 3 N–H and O–H groups in total. The summed E-state index contributed by atoms with van der Waals surface area (Å²) < 4.78 is 23.1. The Balaban J connectivity index is 2.27. The quantitative estimate of drug-likeness (QED) is 0.700. The molecular weight excluding hydrogens is 304 g/mol. The lowest BCUT2D eigenvalue weighted by Crippen LogP contribution is -2.14. The zero-order valence-corrected chi connectivity index (χ0v) is 11.8. The lowest BCUT2D eigenvalue weighted by atomic mass is 10.4. The van der Waals surface area contributed by atoms with Crippen LogP contribution in [0.15, 0.2) is 27.9 Å². The molecule has 1 amide bonds. The number of carbonyl (C=O) groups excluding carboxylic acids is 1. The molecule has 0 spiro atoms. The number of rotatable bonds is 3. The van der Waals surface area contributed by atoms with Gasteiger partial charge in [0.2, 0.25) is 9.14 Å².